The van der Waals surface area contributed by atoms with E-state index in [1.54, 1.807) is 5.57 Å². The highest BCUT2D eigenvalue weighted by Gasteiger charge is 2.33. The number of hydrogen-bond acceptors (Lipinski definition) is 1. The van der Waals surface area contributed by atoms with Crippen molar-refractivity contribution in [3.8, 4) is 0 Å². The Hall–Kier alpha value is -0.560. The molecule has 0 saturated heterocycles. The Bertz CT molecular complexity index is 345. The molecule has 0 bridgehead atoms. The summed E-state index contributed by atoms with van der Waals surface area (Å²) >= 11 is 0. The van der Waals surface area contributed by atoms with Gasteiger partial charge in [0.15, 0.2) is 0 Å². The van der Waals surface area contributed by atoms with Gasteiger partial charge in [-0.15, -0.1) is 0 Å². The predicted octanol–water partition coefficient (Wildman–Crippen LogP) is 4.27. The summed E-state index contributed by atoms with van der Waals surface area (Å²) in [5.74, 6) is 2.59. The van der Waals surface area contributed by atoms with Crippen molar-refractivity contribution in [2.45, 2.75) is 52.5 Å². The van der Waals surface area contributed by atoms with Crippen LogP contribution in [0.15, 0.2) is 23.8 Å². The van der Waals surface area contributed by atoms with Gasteiger partial charge in [0.25, 0.3) is 0 Å². The maximum Gasteiger partial charge on any atom is 0.0122 e. The van der Waals surface area contributed by atoms with Gasteiger partial charge in [-0.3, -0.25) is 0 Å². The molecule has 0 spiro atoms. The Balaban J connectivity index is 1.93. The first kappa shape index (κ1) is 13.9. The first-order chi connectivity index (χ1) is 8.38. The van der Waals surface area contributed by atoms with Gasteiger partial charge in [0.05, 0.1) is 0 Å². The fourth-order valence-corrected chi connectivity index (χ4v) is 3.32. The molecule has 0 aromatic carbocycles. The molecule has 3 atom stereocenters. The van der Waals surface area contributed by atoms with Crippen molar-refractivity contribution >= 4 is 0 Å². The lowest BCUT2D eigenvalue weighted by atomic mass is 9.83. The zero-order valence-electron chi connectivity index (χ0n) is 12.7. The van der Waals surface area contributed by atoms with Crippen LogP contribution in [0.2, 0.25) is 0 Å². The first-order valence-corrected chi connectivity index (χ1v) is 7.46. The summed E-state index contributed by atoms with van der Waals surface area (Å²) in [6.45, 7) is 10.5. The molecule has 0 aromatic rings. The van der Waals surface area contributed by atoms with E-state index in [1.165, 1.54) is 25.8 Å². The van der Waals surface area contributed by atoms with Crippen LogP contribution in [-0.2, 0) is 0 Å². The number of rotatable bonds is 3. The third kappa shape index (κ3) is 3.06. The predicted molar refractivity (Wildman–Crippen MR) is 79.6 cm³/mol. The number of nitrogens with zero attached hydrogens (tertiary/aromatic N) is 1. The fourth-order valence-electron chi connectivity index (χ4n) is 3.32. The maximum atomic E-state index is 2.47. The standard InChI is InChI=1S/C17H29N/c1-13-11-15-8-6-7-14(16(15)12-13)9-10-18(5)17(2,3)4/h6-8,13,15-16H,9-12H2,1-5H3. The van der Waals surface area contributed by atoms with Crippen LogP contribution in [0.1, 0.15) is 47.0 Å². The highest BCUT2D eigenvalue weighted by atomic mass is 15.1. The molecule has 102 valence electrons. The van der Waals surface area contributed by atoms with Gasteiger partial charge in [-0.1, -0.05) is 30.7 Å². The first-order valence-electron chi connectivity index (χ1n) is 7.46. The normalized spacial score (nSPS) is 31.7. The summed E-state index contributed by atoms with van der Waals surface area (Å²) in [5, 5.41) is 0. The zero-order chi connectivity index (χ0) is 13.3. The molecule has 3 unspecified atom stereocenters. The molecule has 2 aliphatic rings. The molecule has 0 aromatic heterocycles. The largest absolute Gasteiger partial charge is 0.301 e. The molecule has 1 fully saturated rings. The summed E-state index contributed by atoms with van der Waals surface area (Å²) in [6.07, 6.45) is 11.2. The minimum Gasteiger partial charge on any atom is -0.301 e. The molecule has 0 amide bonds. The quantitative estimate of drug-likeness (QED) is 0.720. The van der Waals surface area contributed by atoms with Crippen molar-refractivity contribution in [1.29, 1.82) is 0 Å². The lowest BCUT2D eigenvalue weighted by molar-refractivity contribution is 0.176. The van der Waals surface area contributed by atoms with Gasteiger partial charge in [0, 0.05) is 12.1 Å². The number of allylic oxidation sites excluding steroid dienone is 3. The van der Waals surface area contributed by atoms with Crippen LogP contribution < -0.4 is 0 Å². The zero-order valence-corrected chi connectivity index (χ0v) is 12.7. The molecule has 0 radical (unpaired) electrons. The summed E-state index contributed by atoms with van der Waals surface area (Å²) in [4.78, 5) is 2.47. The van der Waals surface area contributed by atoms with Crippen LogP contribution in [0.5, 0.6) is 0 Å². The lowest BCUT2D eigenvalue weighted by Gasteiger charge is -2.33. The molecule has 0 N–H and O–H groups in total. The molecule has 2 aliphatic carbocycles. The van der Waals surface area contributed by atoms with E-state index in [0.29, 0.717) is 0 Å². The summed E-state index contributed by atoms with van der Waals surface area (Å²) in [6, 6.07) is 0. The van der Waals surface area contributed by atoms with Crippen LogP contribution in [0.3, 0.4) is 0 Å². The van der Waals surface area contributed by atoms with Crippen molar-refractivity contribution in [1.82, 2.24) is 4.90 Å². The van der Waals surface area contributed by atoms with E-state index >= 15 is 0 Å². The molecule has 0 heterocycles. The molecular formula is C17H29N. The van der Waals surface area contributed by atoms with Crippen LogP contribution in [0.4, 0.5) is 0 Å². The second kappa shape index (κ2) is 5.21. The molecule has 2 rings (SSSR count). The van der Waals surface area contributed by atoms with Crippen LogP contribution in [-0.4, -0.2) is 24.0 Å². The average Bonchev–Trinajstić information content (AvgIpc) is 2.65. The van der Waals surface area contributed by atoms with Gasteiger partial charge >= 0.3 is 0 Å². The third-order valence-corrected chi connectivity index (χ3v) is 4.87. The highest BCUT2D eigenvalue weighted by Crippen LogP contribution is 2.44. The van der Waals surface area contributed by atoms with Crippen molar-refractivity contribution in [3.63, 3.8) is 0 Å². The van der Waals surface area contributed by atoms with Crippen LogP contribution in [0.25, 0.3) is 0 Å². The van der Waals surface area contributed by atoms with E-state index < -0.39 is 0 Å². The van der Waals surface area contributed by atoms with Crippen LogP contribution >= 0.6 is 0 Å². The minimum atomic E-state index is 0.285. The Morgan fingerprint density at radius 3 is 2.67 bits per heavy atom. The van der Waals surface area contributed by atoms with Gasteiger partial charge in [-0.2, -0.15) is 0 Å². The van der Waals surface area contributed by atoms with Gasteiger partial charge < -0.3 is 4.90 Å². The second-order valence-corrected chi connectivity index (χ2v) is 7.32. The molecule has 1 nitrogen and oxygen atoms in total. The van der Waals surface area contributed by atoms with Gasteiger partial charge in [0.2, 0.25) is 0 Å². The van der Waals surface area contributed by atoms with Gasteiger partial charge in [-0.25, -0.2) is 0 Å². The van der Waals surface area contributed by atoms with Crippen molar-refractivity contribution < 1.29 is 0 Å². The van der Waals surface area contributed by atoms with Crippen molar-refractivity contribution in [3.05, 3.63) is 23.8 Å². The SMILES string of the molecule is CC1CC2C=CC=C(CCN(C)C(C)(C)C)C2C1. The molecule has 0 aliphatic heterocycles. The Labute approximate surface area is 113 Å². The average molecular weight is 247 g/mol. The third-order valence-electron chi connectivity index (χ3n) is 4.87. The summed E-state index contributed by atoms with van der Waals surface area (Å²) < 4.78 is 0. The number of fused-ring (bicyclic) bond motifs is 1. The topological polar surface area (TPSA) is 3.24 Å². The Morgan fingerprint density at radius 2 is 2.00 bits per heavy atom. The number of hydrogen-bond donors (Lipinski definition) is 0. The Kier molecular flexibility index (Phi) is 4.01. The Morgan fingerprint density at radius 1 is 1.28 bits per heavy atom. The fraction of sp³-hybridized carbons (Fsp3) is 0.765. The van der Waals surface area contributed by atoms with Gasteiger partial charge in [0.1, 0.15) is 0 Å². The van der Waals surface area contributed by atoms with Gasteiger partial charge in [-0.05, 0) is 64.8 Å². The summed E-state index contributed by atoms with van der Waals surface area (Å²) in [5.41, 5.74) is 1.98. The minimum absolute atomic E-state index is 0.285. The maximum absolute atomic E-state index is 2.47. The summed E-state index contributed by atoms with van der Waals surface area (Å²) in [7, 11) is 2.24. The van der Waals surface area contributed by atoms with E-state index in [9.17, 15) is 0 Å². The van der Waals surface area contributed by atoms with E-state index in [4.69, 9.17) is 0 Å². The molecule has 1 saturated carbocycles. The van der Waals surface area contributed by atoms with Crippen molar-refractivity contribution in [2.24, 2.45) is 17.8 Å². The monoisotopic (exact) mass is 247 g/mol. The van der Waals surface area contributed by atoms with E-state index in [0.717, 1.165) is 17.8 Å². The smallest absolute Gasteiger partial charge is 0.0122 e. The van der Waals surface area contributed by atoms with Crippen molar-refractivity contribution in [2.75, 3.05) is 13.6 Å². The van der Waals surface area contributed by atoms with E-state index in [1.807, 2.05) is 0 Å². The van der Waals surface area contributed by atoms with E-state index in [-0.39, 0.29) is 5.54 Å². The molecule has 18 heavy (non-hydrogen) atoms. The second-order valence-electron chi connectivity index (χ2n) is 7.32. The van der Waals surface area contributed by atoms with E-state index in [2.05, 4.69) is 57.9 Å². The molecular weight excluding hydrogens is 218 g/mol. The highest BCUT2D eigenvalue weighted by molar-refractivity contribution is 5.25. The lowest BCUT2D eigenvalue weighted by Crippen LogP contribution is -2.39. The van der Waals surface area contributed by atoms with Crippen LogP contribution in [0, 0.1) is 17.8 Å². The molecule has 1 heteroatoms.